The van der Waals surface area contributed by atoms with E-state index in [-0.39, 0.29) is 23.4 Å². The first-order chi connectivity index (χ1) is 11.9. The highest BCUT2D eigenvalue weighted by Crippen LogP contribution is 2.34. The van der Waals surface area contributed by atoms with Crippen LogP contribution in [0.5, 0.6) is 0 Å². The Morgan fingerprint density at radius 2 is 2.08 bits per heavy atom. The maximum atomic E-state index is 12.1. The number of esters is 1. The molecular formula is C18H25N3O3S. The van der Waals surface area contributed by atoms with Crippen molar-refractivity contribution in [1.29, 1.82) is 0 Å². The molecule has 1 aromatic heterocycles. The van der Waals surface area contributed by atoms with Gasteiger partial charge in [0, 0.05) is 37.3 Å². The Labute approximate surface area is 153 Å². The molecule has 0 amide bonds. The van der Waals surface area contributed by atoms with E-state index in [1.807, 2.05) is 30.5 Å². The second kappa shape index (κ2) is 7.15. The number of fused-ring (bicyclic) bond motifs is 4. The first-order valence-electron chi connectivity index (χ1n) is 8.73. The molecule has 2 aliphatic rings. The molecule has 2 bridgehead atoms. The highest BCUT2D eigenvalue weighted by molar-refractivity contribution is 7.80. The van der Waals surface area contributed by atoms with Gasteiger partial charge in [-0.15, -0.1) is 0 Å². The van der Waals surface area contributed by atoms with E-state index in [1.54, 1.807) is 6.07 Å². The van der Waals surface area contributed by atoms with Gasteiger partial charge in [-0.3, -0.25) is 4.79 Å². The number of nitrogens with zero attached hydrogens (tertiary/aromatic N) is 2. The molecule has 1 saturated heterocycles. The standard InChI is InChI=1S/C18H25N3O3S/c1-11(2)16(17(23)24-3)19-18(25)20-8-12-7-13(10-20)14-5-4-6-15(22)21(14)9-12/h4-6,11-13,16H,7-10H2,1-3H3,(H,19,25)/t12-,13-,16-/m1/s1. The molecule has 0 aliphatic carbocycles. The Kier molecular flexibility index (Phi) is 5.13. The number of hydrogen-bond donors (Lipinski definition) is 1. The molecule has 0 unspecified atom stereocenters. The third-order valence-electron chi connectivity index (χ3n) is 5.17. The molecule has 136 valence electrons. The number of ether oxygens (including phenoxy) is 1. The highest BCUT2D eigenvalue weighted by atomic mass is 32.1. The van der Waals surface area contributed by atoms with E-state index in [1.165, 1.54) is 7.11 Å². The number of methoxy groups -OCH3 is 1. The zero-order chi connectivity index (χ0) is 18.1. The number of piperidine rings is 1. The fourth-order valence-electron chi connectivity index (χ4n) is 3.91. The second-order valence-electron chi connectivity index (χ2n) is 7.30. The Morgan fingerprint density at radius 1 is 1.32 bits per heavy atom. The van der Waals surface area contributed by atoms with Crippen LogP contribution in [-0.2, 0) is 16.1 Å². The molecule has 0 radical (unpaired) electrons. The summed E-state index contributed by atoms with van der Waals surface area (Å²) in [6.07, 6.45) is 1.08. The SMILES string of the molecule is COC(=O)[C@H](NC(=S)N1C[C@H]2C[C@H](C1)c1cccc(=O)n1C2)C(C)C. The largest absolute Gasteiger partial charge is 0.467 e. The third kappa shape index (κ3) is 3.56. The van der Waals surface area contributed by atoms with Gasteiger partial charge in [0.15, 0.2) is 5.11 Å². The molecular weight excluding hydrogens is 338 g/mol. The maximum absolute atomic E-state index is 12.1. The summed E-state index contributed by atoms with van der Waals surface area (Å²) in [5.74, 6) is 0.457. The number of hydrogen-bond acceptors (Lipinski definition) is 4. The average Bonchev–Trinajstić information content (AvgIpc) is 2.59. The molecule has 2 aliphatic heterocycles. The lowest BCUT2D eigenvalue weighted by Gasteiger charge is -2.44. The number of pyridine rings is 1. The maximum Gasteiger partial charge on any atom is 0.328 e. The topological polar surface area (TPSA) is 63.6 Å². The minimum atomic E-state index is -0.450. The predicted octanol–water partition coefficient (Wildman–Crippen LogP) is 1.34. The van der Waals surface area contributed by atoms with Gasteiger partial charge in [-0.25, -0.2) is 4.79 Å². The molecule has 0 saturated carbocycles. The molecule has 1 aromatic rings. The van der Waals surface area contributed by atoms with Gasteiger partial charge in [-0.1, -0.05) is 19.9 Å². The van der Waals surface area contributed by atoms with Crippen molar-refractivity contribution in [1.82, 2.24) is 14.8 Å². The van der Waals surface area contributed by atoms with E-state index in [2.05, 4.69) is 10.2 Å². The van der Waals surface area contributed by atoms with Crippen molar-refractivity contribution in [2.75, 3.05) is 20.2 Å². The first kappa shape index (κ1) is 17.9. The molecule has 3 heterocycles. The summed E-state index contributed by atoms with van der Waals surface area (Å²) in [7, 11) is 1.39. The summed E-state index contributed by atoms with van der Waals surface area (Å²) in [4.78, 5) is 26.2. The van der Waals surface area contributed by atoms with E-state index >= 15 is 0 Å². The van der Waals surface area contributed by atoms with Crippen molar-refractivity contribution in [2.24, 2.45) is 11.8 Å². The zero-order valence-electron chi connectivity index (χ0n) is 14.9. The second-order valence-corrected chi connectivity index (χ2v) is 7.68. The molecule has 3 rings (SSSR count). The highest BCUT2D eigenvalue weighted by Gasteiger charge is 2.36. The number of rotatable bonds is 3. The Hall–Kier alpha value is -1.89. The normalized spacial score (nSPS) is 23.0. The van der Waals surface area contributed by atoms with Crippen LogP contribution >= 0.6 is 12.2 Å². The Balaban J connectivity index is 1.75. The lowest BCUT2D eigenvalue weighted by Crippen LogP contribution is -2.55. The van der Waals surface area contributed by atoms with E-state index in [0.29, 0.717) is 11.0 Å². The molecule has 6 nitrogen and oxygen atoms in total. The number of carbonyl (C=O) groups excluding carboxylic acids is 1. The Bertz CT molecular complexity index is 731. The van der Waals surface area contributed by atoms with Crippen LogP contribution in [0.1, 0.15) is 31.9 Å². The van der Waals surface area contributed by atoms with Crippen LogP contribution in [-0.4, -0.2) is 46.8 Å². The summed E-state index contributed by atoms with van der Waals surface area (Å²) < 4.78 is 6.78. The van der Waals surface area contributed by atoms with Gasteiger partial charge in [-0.2, -0.15) is 0 Å². The van der Waals surface area contributed by atoms with Crippen LogP contribution in [0.25, 0.3) is 0 Å². The van der Waals surface area contributed by atoms with E-state index in [4.69, 9.17) is 17.0 Å². The number of thiocarbonyl (C=S) groups is 1. The third-order valence-corrected chi connectivity index (χ3v) is 5.54. The number of nitrogens with one attached hydrogen (secondary N) is 1. The lowest BCUT2D eigenvalue weighted by atomic mass is 9.83. The minimum absolute atomic E-state index is 0.0758. The van der Waals surface area contributed by atoms with Crippen LogP contribution in [0.2, 0.25) is 0 Å². The van der Waals surface area contributed by atoms with Crippen molar-refractivity contribution in [3.8, 4) is 0 Å². The van der Waals surface area contributed by atoms with Gasteiger partial charge in [0.1, 0.15) is 6.04 Å². The summed E-state index contributed by atoms with van der Waals surface area (Å²) >= 11 is 5.58. The smallest absolute Gasteiger partial charge is 0.328 e. The van der Waals surface area contributed by atoms with Crippen LogP contribution in [0, 0.1) is 11.8 Å². The van der Waals surface area contributed by atoms with E-state index in [9.17, 15) is 9.59 Å². The molecule has 0 spiro atoms. The van der Waals surface area contributed by atoms with Crippen molar-refractivity contribution in [2.45, 2.75) is 38.8 Å². The summed E-state index contributed by atoms with van der Waals surface area (Å²) in [5.41, 5.74) is 1.16. The van der Waals surface area contributed by atoms with Gasteiger partial charge in [-0.05, 0) is 36.5 Å². The molecule has 1 N–H and O–H groups in total. The average molecular weight is 363 g/mol. The van der Waals surface area contributed by atoms with Gasteiger partial charge >= 0.3 is 5.97 Å². The minimum Gasteiger partial charge on any atom is -0.467 e. The van der Waals surface area contributed by atoms with Crippen molar-refractivity contribution in [3.05, 3.63) is 34.2 Å². The van der Waals surface area contributed by atoms with E-state index < -0.39 is 6.04 Å². The fraction of sp³-hybridized carbons (Fsp3) is 0.611. The van der Waals surface area contributed by atoms with Crippen LogP contribution in [0.15, 0.2) is 23.0 Å². The van der Waals surface area contributed by atoms with Gasteiger partial charge < -0.3 is 19.5 Å². The molecule has 0 aromatic carbocycles. The monoisotopic (exact) mass is 363 g/mol. The number of likely N-dealkylation sites (tertiary alicyclic amines) is 1. The Morgan fingerprint density at radius 3 is 2.76 bits per heavy atom. The number of carbonyl (C=O) groups is 1. The first-order valence-corrected chi connectivity index (χ1v) is 9.14. The van der Waals surface area contributed by atoms with Crippen molar-refractivity contribution >= 4 is 23.3 Å². The van der Waals surface area contributed by atoms with Crippen LogP contribution in [0.4, 0.5) is 0 Å². The molecule has 7 heteroatoms. The predicted molar refractivity (Wildman–Crippen MR) is 99.5 cm³/mol. The summed E-state index contributed by atoms with van der Waals surface area (Å²) in [5, 5.41) is 3.76. The number of aromatic nitrogens is 1. The van der Waals surface area contributed by atoms with E-state index in [0.717, 1.165) is 31.7 Å². The summed E-state index contributed by atoms with van der Waals surface area (Å²) in [6, 6.07) is 5.04. The summed E-state index contributed by atoms with van der Waals surface area (Å²) in [6.45, 7) is 6.22. The zero-order valence-corrected chi connectivity index (χ0v) is 15.7. The molecule has 3 atom stereocenters. The van der Waals surface area contributed by atoms with Crippen LogP contribution in [0.3, 0.4) is 0 Å². The quantitative estimate of drug-likeness (QED) is 0.646. The van der Waals surface area contributed by atoms with Crippen LogP contribution < -0.4 is 10.9 Å². The lowest BCUT2D eigenvalue weighted by molar-refractivity contribution is -0.143. The molecule has 1 fully saturated rings. The van der Waals surface area contributed by atoms with Crippen molar-refractivity contribution < 1.29 is 9.53 Å². The van der Waals surface area contributed by atoms with Gasteiger partial charge in [0.25, 0.3) is 5.56 Å². The fourth-order valence-corrected chi connectivity index (χ4v) is 4.19. The van der Waals surface area contributed by atoms with Gasteiger partial charge in [0.05, 0.1) is 7.11 Å². The van der Waals surface area contributed by atoms with Crippen molar-refractivity contribution in [3.63, 3.8) is 0 Å². The van der Waals surface area contributed by atoms with Gasteiger partial charge in [0.2, 0.25) is 0 Å². The molecule has 25 heavy (non-hydrogen) atoms.